The summed E-state index contributed by atoms with van der Waals surface area (Å²) < 4.78 is 19.6. The molecule has 0 radical (unpaired) electrons. The van der Waals surface area contributed by atoms with Crippen LogP contribution in [0.2, 0.25) is 18.1 Å². The van der Waals surface area contributed by atoms with Gasteiger partial charge in [0.1, 0.15) is 24.1 Å². The van der Waals surface area contributed by atoms with Crippen molar-refractivity contribution in [2.24, 2.45) is 5.73 Å². The van der Waals surface area contributed by atoms with E-state index >= 15 is 0 Å². The van der Waals surface area contributed by atoms with E-state index in [0.717, 1.165) is 0 Å². The number of rotatable bonds is 6. The van der Waals surface area contributed by atoms with Gasteiger partial charge in [-0.1, -0.05) is 20.8 Å². The SMILES string of the molecule is CO[C@@H]1[C@H](O[Si](C)(C)C(C)(C)C)[C@@H](CN)O[C@H]1n1ccc(NC(C)=O)nc1=O. The quantitative estimate of drug-likeness (QED) is 0.679. The Labute approximate surface area is 166 Å². The van der Waals surface area contributed by atoms with Crippen LogP contribution in [0.15, 0.2) is 17.1 Å². The topological polar surface area (TPSA) is 118 Å². The summed E-state index contributed by atoms with van der Waals surface area (Å²) in [6, 6.07) is 1.54. The summed E-state index contributed by atoms with van der Waals surface area (Å²) in [5.74, 6) is -0.118. The Hall–Kier alpha value is -1.59. The Bertz CT molecular complexity index is 761. The summed E-state index contributed by atoms with van der Waals surface area (Å²) in [6.45, 7) is 12.3. The lowest BCUT2D eigenvalue weighted by Gasteiger charge is -2.40. The van der Waals surface area contributed by atoms with E-state index in [1.807, 2.05) is 0 Å². The van der Waals surface area contributed by atoms with Crippen LogP contribution in [0.4, 0.5) is 5.82 Å². The molecule has 1 aliphatic heterocycles. The minimum atomic E-state index is -2.12. The fourth-order valence-electron chi connectivity index (χ4n) is 2.89. The van der Waals surface area contributed by atoms with Gasteiger partial charge in [0.05, 0.1) is 0 Å². The first-order chi connectivity index (χ1) is 12.9. The van der Waals surface area contributed by atoms with Crippen LogP contribution in [0.3, 0.4) is 0 Å². The van der Waals surface area contributed by atoms with E-state index in [2.05, 4.69) is 44.2 Å². The van der Waals surface area contributed by atoms with Gasteiger partial charge in [0.25, 0.3) is 0 Å². The second-order valence-electron chi connectivity index (χ2n) is 8.53. The van der Waals surface area contributed by atoms with Crippen LogP contribution < -0.4 is 16.7 Å². The third-order valence-electron chi connectivity index (χ3n) is 5.44. The van der Waals surface area contributed by atoms with Crippen molar-refractivity contribution in [2.75, 3.05) is 19.0 Å². The van der Waals surface area contributed by atoms with Gasteiger partial charge in [-0.05, 0) is 24.2 Å². The molecule has 10 heteroatoms. The minimum absolute atomic E-state index is 0.000920. The number of nitrogens with two attached hydrogens (primary N) is 1. The highest BCUT2D eigenvalue weighted by Gasteiger charge is 2.50. The van der Waals surface area contributed by atoms with Crippen LogP contribution in [-0.2, 0) is 18.7 Å². The van der Waals surface area contributed by atoms with Crippen molar-refractivity contribution in [1.29, 1.82) is 0 Å². The molecule has 158 valence electrons. The molecule has 4 atom stereocenters. The number of nitrogens with zero attached hydrogens (tertiary/aromatic N) is 2. The number of aromatic nitrogens is 2. The van der Waals surface area contributed by atoms with Crippen molar-refractivity contribution in [2.45, 2.75) is 70.4 Å². The number of carbonyl (C=O) groups is 1. The van der Waals surface area contributed by atoms with Crippen molar-refractivity contribution < 1.29 is 18.7 Å². The standard InChI is InChI=1S/C18H32N4O5Si/c1-11(23)20-13-8-9-22(17(24)21-13)16-15(25-5)14(12(10-19)26-16)27-28(6,7)18(2,3)4/h8-9,12,14-16H,10,19H2,1-7H3,(H,20,21,23,24)/t12-,14-,15-,16-/m1/s1. The van der Waals surface area contributed by atoms with Gasteiger partial charge in [0, 0.05) is 26.8 Å². The molecule has 0 saturated carbocycles. The lowest BCUT2D eigenvalue weighted by Crippen LogP contribution is -2.50. The number of ether oxygens (including phenoxy) is 2. The number of nitrogens with one attached hydrogen (secondary N) is 1. The van der Waals surface area contributed by atoms with Gasteiger partial charge in [0.15, 0.2) is 14.5 Å². The number of amides is 1. The molecule has 9 nitrogen and oxygen atoms in total. The molecule has 0 bridgehead atoms. The molecule has 1 saturated heterocycles. The van der Waals surface area contributed by atoms with E-state index in [4.69, 9.17) is 19.6 Å². The molecule has 2 rings (SSSR count). The van der Waals surface area contributed by atoms with E-state index in [1.165, 1.54) is 17.7 Å². The molecule has 0 spiro atoms. The maximum absolute atomic E-state index is 12.5. The summed E-state index contributed by atoms with van der Waals surface area (Å²) in [4.78, 5) is 27.6. The lowest BCUT2D eigenvalue weighted by atomic mass is 10.1. The summed E-state index contributed by atoms with van der Waals surface area (Å²) in [6.07, 6.45) is -0.526. The zero-order valence-corrected chi connectivity index (χ0v) is 18.7. The number of anilines is 1. The molecule has 3 N–H and O–H groups in total. The van der Waals surface area contributed by atoms with Gasteiger partial charge in [-0.25, -0.2) is 4.79 Å². The molecular formula is C18H32N4O5Si. The van der Waals surface area contributed by atoms with Gasteiger partial charge in [-0.3, -0.25) is 9.36 Å². The van der Waals surface area contributed by atoms with E-state index in [1.54, 1.807) is 13.2 Å². The molecule has 0 aliphatic carbocycles. The van der Waals surface area contributed by atoms with Crippen molar-refractivity contribution in [1.82, 2.24) is 9.55 Å². The smallest absolute Gasteiger partial charge is 0.351 e. The molecule has 2 heterocycles. The van der Waals surface area contributed by atoms with Crippen LogP contribution in [0.25, 0.3) is 0 Å². The summed E-state index contributed by atoms with van der Waals surface area (Å²) in [7, 11) is -0.562. The van der Waals surface area contributed by atoms with Crippen molar-refractivity contribution >= 4 is 20.0 Å². The highest BCUT2D eigenvalue weighted by Crippen LogP contribution is 2.41. The Morgan fingerprint density at radius 1 is 1.39 bits per heavy atom. The molecule has 1 aliphatic rings. The molecule has 1 aromatic heterocycles. The van der Waals surface area contributed by atoms with Gasteiger partial charge in [0.2, 0.25) is 5.91 Å². The second kappa shape index (κ2) is 8.42. The summed E-state index contributed by atoms with van der Waals surface area (Å²) in [5, 5.41) is 2.49. The molecule has 28 heavy (non-hydrogen) atoms. The number of carbonyl (C=O) groups excluding carboxylic acids is 1. The predicted octanol–water partition coefficient (Wildman–Crippen LogP) is 1.46. The largest absolute Gasteiger partial charge is 0.408 e. The van der Waals surface area contributed by atoms with E-state index in [0.29, 0.717) is 0 Å². The Kier molecular flexibility index (Phi) is 6.82. The van der Waals surface area contributed by atoms with E-state index < -0.39 is 38.5 Å². The van der Waals surface area contributed by atoms with Crippen LogP contribution in [-0.4, -0.2) is 55.7 Å². The predicted molar refractivity (Wildman–Crippen MR) is 109 cm³/mol. The number of hydrogen-bond donors (Lipinski definition) is 2. The zero-order valence-electron chi connectivity index (χ0n) is 17.7. The monoisotopic (exact) mass is 412 g/mol. The minimum Gasteiger partial charge on any atom is -0.408 e. The Morgan fingerprint density at radius 2 is 2.04 bits per heavy atom. The van der Waals surface area contributed by atoms with E-state index in [9.17, 15) is 9.59 Å². The maximum atomic E-state index is 12.5. The summed E-state index contributed by atoms with van der Waals surface area (Å²) in [5.41, 5.74) is 5.38. The van der Waals surface area contributed by atoms with E-state index in [-0.39, 0.29) is 23.3 Å². The van der Waals surface area contributed by atoms with Gasteiger partial charge in [-0.15, -0.1) is 0 Å². The molecule has 0 aromatic carbocycles. The summed E-state index contributed by atoms with van der Waals surface area (Å²) >= 11 is 0. The van der Waals surface area contributed by atoms with Crippen LogP contribution in [0.1, 0.15) is 33.9 Å². The average Bonchev–Trinajstić information content (AvgIpc) is 2.90. The highest BCUT2D eigenvalue weighted by atomic mass is 28.4. The van der Waals surface area contributed by atoms with Crippen LogP contribution in [0.5, 0.6) is 0 Å². The number of methoxy groups -OCH3 is 1. The molecule has 0 unspecified atom stereocenters. The van der Waals surface area contributed by atoms with Gasteiger partial charge in [-0.2, -0.15) is 4.98 Å². The fraction of sp³-hybridized carbons (Fsp3) is 0.722. The molecule has 1 fully saturated rings. The third kappa shape index (κ3) is 4.69. The second-order valence-corrected chi connectivity index (χ2v) is 13.3. The van der Waals surface area contributed by atoms with Gasteiger partial charge < -0.3 is 25.0 Å². The normalized spacial score (nSPS) is 25.7. The van der Waals surface area contributed by atoms with Crippen LogP contribution >= 0.6 is 0 Å². The van der Waals surface area contributed by atoms with Crippen LogP contribution in [0, 0.1) is 0 Å². The zero-order chi connectivity index (χ0) is 21.3. The maximum Gasteiger partial charge on any atom is 0.351 e. The number of hydrogen-bond acceptors (Lipinski definition) is 7. The average molecular weight is 413 g/mol. The third-order valence-corrected chi connectivity index (χ3v) is 9.91. The van der Waals surface area contributed by atoms with Crippen molar-refractivity contribution in [3.8, 4) is 0 Å². The van der Waals surface area contributed by atoms with Gasteiger partial charge >= 0.3 is 5.69 Å². The van der Waals surface area contributed by atoms with Crippen molar-refractivity contribution in [3.05, 3.63) is 22.7 Å². The first kappa shape index (κ1) is 22.7. The lowest BCUT2D eigenvalue weighted by molar-refractivity contribution is -0.114. The molecular weight excluding hydrogens is 380 g/mol. The molecule has 1 aromatic rings. The Morgan fingerprint density at radius 3 is 2.50 bits per heavy atom. The first-order valence-electron chi connectivity index (χ1n) is 9.34. The first-order valence-corrected chi connectivity index (χ1v) is 12.2. The highest BCUT2D eigenvalue weighted by molar-refractivity contribution is 6.74. The van der Waals surface area contributed by atoms with Crippen molar-refractivity contribution in [3.63, 3.8) is 0 Å². The fourth-order valence-corrected chi connectivity index (χ4v) is 4.21. The molecule has 1 amide bonds. The Balaban J connectivity index is 2.34.